The SMILES string of the molecule is O=c1[nH]c2ccccc2c(NC2Cc3ccccc3C2)c1CCO. The van der Waals surface area contributed by atoms with Gasteiger partial charge in [-0.1, -0.05) is 42.5 Å². The molecule has 0 bridgehead atoms. The molecular weight excluding hydrogens is 300 g/mol. The van der Waals surface area contributed by atoms with Crippen LogP contribution in [0.3, 0.4) is 0 Å². The van der Waals surface area contributed by atoms with E-state index in [0.717, 1.165) is 29.4 Å². The van der Waals surface area contributed by atoms with E-state index in [0.29, 0.717) is 12.0 Å². The summed E-state index contributed by atoms with van der Waals surface area (Å²) in [4.78, 5) is 15.3. The molecule has 1 aliphatic carbocycles. The maximum atomic E-state index is 12.4. The molecule has 4 rings (SSSR count). The first kappa shape index (κ1) is 15.0. The average molecular weight is 320 g/mol. The number of nitrogens with one attached hydrogen (secondary N) is 2. The van der Waals surface area contributed by atoms with Gasteiger partial charge in [0.1, 0.15) is 0 Å². The molecule has 0 atom stereocenters. The van der Waals surface area contributed by atoms with Crippen molar-refractivity contribution in [2.24, 2.45) is 0 Å². The number of para-hydroxylation sites is 1. The molecule has 0 spiro atoms. The van der Waals surface area contributed by atoms with Crippen molar-refractivity contribution < 1.29 is 5.11 Å². The molecule has 3 aromatic rings. The first-order valence-corrected chi connectivity index (χ1v) is 8.34. The number of benzene rings is 2. The molecule has 4 heteroatoms. The van der Waals surface area contributed by atoms with Gasteiger partial charge in [-0.15, -0.1) is 0 Å². The number of hydrogen-bond donors (Lipinski definition) is 3. The molecule has 1 aromatic heterocycles. The number of hydrogen-bond acceptors (Lipinski definition) is 3. The van der Waals surface area contributed by atoms with Crippen molar-refractivity contribution in [2.75, 3.05) is 11.9 Å². The Hall–Kier alpha value is -2.59. The normalized spacial score (nSPS) is 14.0. The van der Waals surface area contributed by atoms with Gasteiger partial charge in [0.15, 0.2) is 0 Å². The van der Waals surface area contributed by atoms with Crippen LogP contribution in [0.4, 0.5) is 5.69 Å². The van der Waals surface area contributed by atoms with Gasteiger partial charge in [-0.05, 0) is 30.0 Å². The summed E-state index contributed by atoms with van der Waals surface area (Å²) in [7, 11) is 0. The zero-order chi connectivity index (χ0) is 16.5. The van der Waals surface area contributed by atoms with Gasteiger partial charge < -0.3 is 15.4 Å². The molecular formula is C20H20N2O2. The molecule has 1 aliphatic rings. The Balaban J connectivity index is 1.76. The summed E-state index contributed by atoms with van der Waals surface area (Å²) in [5, 5.41) is 14.0. The fourth-order valence-electron chi connectivity index (χ4n) is 3.66. The lowest BCUT2D eigenvalue weighted by atomic mass is 10.1. The van der Waals surface area contributed by atoms with E-state index >= 15 is 0 Å². The van der Waals surface area contributed by atoms with Crippen LogP contribution in [0.2, 0.25) is 0 Å². The fourth-order valence-corrected chi connectivity index (χ4v) is 3.66. The minimum Gasteiger partial charge on any atom is -0.396 e. The maximum absolute atomic E-state index is 12.4. The Labute approximate surface area is 140 Å². The number of H-pyrrole nitrogens is 1. The molecule has 1 heterocycles. The molecule has 24 heavy (non-hydrogen) atoms. The lowest BCUT2D eigenvalue weighted by Crippen LogP contribution is -2.24. The number of aliphatic hydroxyl groups excluding tert-OH is 1. The van der Waals surface area contributed by atoms with Crippen LogP contribution in [0.5, 0.6) is 0 Å². The summed E-state index contributed by atoms with van der Waals surface area (Å²) in [5.41, 5.74) is 4.93. The quantitative estimate of drug-likeness (QED) is 0.692. The maximum Gasteiger partial charge on any atom is 0.253 e. The molecule has 3 N–H and O–H groups in total. The number of fused-ring (bicyclic) bond motifs is 2. The molecule has 0 saturated carbocycles. The van der Waals surface area contributed by atoms with Gasteiger partial charge in [0.2, 0.25) is 0 Å². The summed E-state index contributed by atoms with van der Waals surface area (Å²) in [6.07, 6.45) is 2.26. The number of aliphatic hydroxyl groups is 1. The van der Waals surface area contributed by atoms with Crippen molar-refractivity contribution >= 4 is 16.6 Å². The molecule has 0 amide bonds. The second-order valence-electron chi connectivity index (χ2n) is 6.35. The highest BCUT2D eigenvalue weighted by Crippen LogP contribution is 2.29. The van der Waals surface area contributed by atoms with Crippen molar-refractivity contribution in [3.8, 4) is 0 Å². The van der Waals surface area contributed by atoms with E-state index < -0.39 is 0 Å². The zero-order valence-electron chi connectivity index (χ0n) is 13.4. The Morgan fingerprint density at radius 3 is 2.42 bits per heavy atom. The lowest BCUT2D eigenvalue weighted by molar-refractivity contribution is 0.299. The van der Waals surface area contributed by atoms with E-state index in [-0.39, 0.29) is 18.2 Å². The van der Waals surface area contributed by atoms with E-state index in [4.69, 9.17) is 0 Å². The summed E-state index contributed by atoms with van der Waals surface area (Å²) in [5.74, 6) is 0. The first-order valence-electron chi connectivity index (χ1n) is 8.34. The van der Waals surface area contributed by atoms with Crippen molar-refractivity contribution in [1.82, 2.24) is 4.98 Å². The second kappa shape index (κ2) is 6.13. The van der Waals surface area contributed by atoms with E-state index in [1.54, 1.807) is 0 Å². The number of pyridine rings is 1. The van der Waals surface area contributed by atoms with E-state index in [1.165, 1.54) is 11.1 Å². The van der Waals surface area contributed by atoms with E-state index in [2.05, 4.69) is 34.6 Å². The average Bonchev–Trinajstić information content (AvgIpc) is 3.00. The first-order chi connectivity index (χ1) is 11.8. The van der Waals surface area contributed by atoms with Crippen LogP contribution in [0.25, 0.3) is 10.9 Å². The molecule has 0 saturated heterocycles. The van der Waals surface area contributed by atoms with Crippen LogP contribution in [0.15, 0.2) is 53.3 Å². The minimum absolute atomic E-state index is 0.0407. The number of aromatic amines is 1. The van der Waals surface area contributed by atoms with Crippen molar-refractivity contribution in [3.63, 3.8) is 0 Å². The number of anilines is 1. The Bertz CT molecular complexity index is 921. The Morgan fingerprint density at radius 2 is 1.71 bits per heavy atom. The molecule has 122 valence electrons. The summed E-state index contributed by atoms with van der Waals surface area (Å²) in [6.45, 7) is -0.0407. The minimum atomic E-state index is -0.124. The topological polar surface area (TPSA) is 65.1 Å². The molecule has 4 nitrogen and oxygen atoms in total. The smallest absolute Gasteiger partial charge is 0.253 e. The van der Waals surface area contributed by atoms with Crippen molar-refractivity contribution in [3.05, 3.63) is 75.6 Å². The predicted octanol–water partition coefficient (Wildman–Crippen LogP) is 2.64. The van der Waals surface area contributed by atoms with Gasteiger partial charge in [-0.2, -0.15) is 0 Å². The third kappa shape index (κ3) is 2.59. The van der Waals surface area contributed by atoms with Gasteiger partial charge in [0.05, 0.1) is 11.2 Å². The molecule has 0 radical (unpaired) electrons. The van der Waals surface area contributed by atoms with Crippen LogP contribution in [-0.4, -0.2) is 22.7 Å². The van der Waals surface area contributed by atoms with Gasteiger partial charge in [-0.25, -0.2) is 0 Å². The number of rotatable bonds is 4. The van der Waals surface area contributed by atoms with Crippen LogP contribution < -0.4 is 10.9 Å². The molecule has 0 unspecified atom stereocenters. The largest absolute Gasteiger partial charge is 0.396 e. The monoisotopic (exact) mass is 320 g/mol. The van der Waals surface area contributed by atoms with Crippen LogP contribution in [-0.2, 0) is 19.3 Å². The fraction of sp³-hybridized carbons (Fsp3) is 0.250. The zero-order valence-corrected chi connectivity index (χ0v) is 13.4. The van der Waals surface area contributed by atoms with Crippen molar-refractivity contribution in [1.29, 1.82) is 0 Å². The Morgan fingerprint density at radius 1 is 1.04 bits per heavy atom. The predicted molar refractivity (Wildman–Crippen MR) is 96.6 cm³/mol. The molecule has 2 aromatic carbocycles. The summed E-state index contributed by atoms with van der Waals surface area (Å²) >= 11 is 0. The van der Waals surface area contributed by atoms with Gasteiger partial charge >= 0.3 is 0 Å². The second-order valence-corrected chi connectivity index (χ2v) is 6.35. The summed E-state index contributed by atoms with van der Waals surface area (Å²) in [6, 6.07) is 16.6. The lowest BCUT2D eigenvalue weighted by Gasteiger charge is -2.19. The van der Waals surface area contributed by atoms with Crippen LogP contribution in [0.1, 0.15) is 16.7 Å². The van der Waals surface area contributed by atoms with Crippen LogP contribution >= 0.6 is 0 Å². The van der Waals surface area contributed by atoms with Gasteiger partial charge in [-0.3, -0.25) is 4.79 Å². The van der Waals surface area contributed by atoms with E-state index in [9.17, 15) is 9.90 Å². The van der Waals surface area contributed by atoms with Gasteiger partial charge in [0, 0.05) is 30.0 Å². The highest BCUT2D eigenvalue weighted by molar-refractivity contribution is 5.92. The third-order valence-corrected chi connectivity index (χ3v) is 4.78. The standard InChI is InChI=1S/C20H20N2O2/c23-10-9-17-19(16-7-3-4-8-18(16)22-20(17)24)21-15-11-13-5-1-2-6-14(13)12-15/h1-8,15,23H,9-12H2,(H2,21,22,24). The Kier molecular flexibility index (Phi) is 3.82. The van der Waals surface area contributed by atoms with Crippen molar-refractivity contribution in [2.45, 2.75) is 25.3 Å². The molecule has 0 aliphatic heterocycles. The van der Waals surface area contributed by atoms with Crippen LogP contribution in [0, 0.1) is 0 Å². The highest BCUT2D eigenvalue weighted by Gasteiger charge is 2.23. The third-order valence-electron chi connectivity index (χ3n) is 4.78. The van der Waals surface area contributed by atoms with E-state index in [1.807, 2.05) is 24.3 Å². The molecule has 0 fully saturated rings. The highest BCUT2D eigenvalue weighted by atomic mass is 16.3. The number of aromatic nitrogens is 1. The van der Waals surface area contributed by atoms with Gasteiger partial charge in [0.25, 0.3) is 5.56 Å². The summed E-state index contributed by atoms with van der Waals surface area (Å²) < 4.78 is 0.